The first-order chi connectivity index (χ1) is 24.7. The van der Waals surface area contributed by atoms with Crippen molar-refractivity contribution in [1.82, 2.24) is 25.1 Å². The fourth-order valence-electron chi connectivity index (χ4n) is 6.50. The molecule has 2 aromatic heterocycles. The molecule has 0 spiro atoms. The van der Waals surface area contributed by atoms with E-state index in [0.717, 1.165) is 16.0 Å². The van der Waals surface area contributed by atoms with Gasteiger partial charge in [0.15, 0.2) is 0 Å². The van der Waals surface area contributed by atoms with Gasteiger partial charge in [0.25, 0.3) is 23.3 Å². The van der Waals surface area contributed by atoms with Gasteiger partial charge in [-0.2, -0.15) is 0 Å². The SMILES string of the molecule is Cn1cc(-c2ccccc2Oc2ccccc2)c2cc(C(=O)NCCCCNc3cccc4c3C(=O)N(C3CCC(=O)NC3=O)C4=O)[nH]c2c1=O. The number of fused-ring (bicyclic) bond motifs is 2. The van der Waals surface area contributed by atoms with Gasteiger partial charge in [-0.25, -0.2) is 0 Å². The number of amides is 5. The standard InChI is InChI=1S/C38H34N6O7/c1-43-21-26(23-12-5-6-15-30(23)51-22-10-3-2-4-11-22)25-20-28(41-33(25)38(43)50)34(46)40-19-8-7-18-39-27-14-9-13-24-32(27)37(49)44(36(24)48)29-16-17-31(45)42-35(29)47/h2-6,9-15,20-21,29,39,41H,7-8,16-19H2,1H3,(H,40,46)(H,42,45,47). The lowest BCUT2D eigenvalue weighted by molar-refractivity contribution is -0.136. The van der Waals surface area contributed by atoms with Crippen LogP contribution in [0.15, 0.2) is 89.9 Å². The third kappa shape index (κ3) is 6.36. The van der Waals surface area contributed by atoms with Crippen molar-refractivity contribution in [3.05, 3.63) is 112 Å². The average molecular weight is 687 g/mol. The summed E-state index contributed by atoms with van der Waals surface area (Å²) in [6, 6.07) is 22.4. The van der Waals surface area contributed by atoms with Crippen LogP contribution in [0.25, 0.3) is 22.0 Å². The number of anilines is 1. The molecule has 258 valence electrons. The molecule has 4 heterocycles. The molecule has 13 heteroatoms. The first-order valence-corrected chi connectivity index (χ1v) is 16.6. The molecular weight excluding hydrogens is 652 g/mol. The molecule has 2 aliphatic heterocycles. The number of hydrogen-bond donors (Lipinski definition) is 4. The number of carbonyl (C=O) groups is 5. The monoisotopic (exact) mass is 686 g/mol. The first-order valence-electron chi connectivity index (χ1n) is 16.6. The van der Waals surface area contributed by atoms with Crippen LogP contribution in [0.2, 0.25) is 0 Å². The number of imide groups is 2. The Bertz CT molecular complexity index is 2280. The molecule has 3 aromatic carbocycles. The fourth-order valence-corrected chi connectivity index (χ4v) is 6.50. The third-order valence-electron chi connectivity index (χ3n) is 9.03. The molecule has 1 unspecified atom stereocenters. The van der Waals surface area contributed by atoms with E-state index in [1.165, 1.54) is 4.57 Å². The number of para-hydroxylation sites is 2. The summed E-state index contributed by atoms with van der Waals surface area (Å²) in [6.45, 7) is 0.796. The molecule has 13 nitrogen and oxygen atoms in total. The lowest BCUT2D eigenvalue weighted by Crippen LogP contribution is -2.54. The Morgan fingerprint density at radius 2 is 1.61 bits per heavy atom. The van der Waals surface area contributed by atoms with E-state index < -0.39 is 29.7 Å². The van der Waals surface area contributed by atoms with E-state index in [9.17, 15) is 28.8 Å². The van der Waals surface area contributed by atoms with E-state index in [1.807, 2.05) is 54.6 Å². The highest BCUT2D eigenvalue weighted by molar-refractivity contribution is 6.25. The Morgan fingerprint density at radius 1 is 0.863 bits per heavy atom. The number of unbranched alkanes of at least 4 members (excludes halogenated alkanes) is 1. The topological polar surface area (TPSA) is 172 Å². The van der Waals surface area contributed by atoms with Gasteiger partial charge in [-0.3, -0.25) is 39.0 Å². The quantitative estimate of drug-likeness (QED) is 0.117. The molecule has 1 saturated heterocycles. The summed E-state index contributed by atoms with van der Waals surface area (Å²) < 4.78 is 7.65. The van der Waals surface area contributed by atoms with Crippen LogP contribution in [0.3, 0.4) is 0 Å². The zero-order valence-corrected chi connectivity index (χ0v) is 27.7. The fraction of sp³-hybridized carbons (Fsp3) is 0.211. The summed E-state index contributed by atoms with van der Waals surface area (Å²) in [4.78, 5) is 80.6. The highest BCUT2D eigenvalue weighted by Gasteiger charge is 2.45. The number of pyridine rings is 1. The van der Waals surface area contributed by atoms with E-state index in [1.54, 1.807) is 37.5 Å². The molecule has 0 saturated carbocycles. The Hall–Kier alpha value is -6.50. The Balaban J connectivity index is 0.984. The number of benzene rings is 3. The summed E-state index contributed by atoms with van der Waals surface area (Å²) in [6.07, 6.45) is 3.08. The number of rotatable bonds is 11. The lowest BCUT2D eigenvalue weighted by atomic mass is 10.0. The summed E-state index contributed by atoms with van der Waals surface area (Å²) in [7, 11) is 1.66. The zero-order valence-electron chi connectivity index (χ0n) is 27.7. The molecule has 0 aliphatic carbocycles. The minimum atomic E-state index is -1.04. The van der Waals surface area contributed by atoms with Gasteiger partial charge in [-0.05, 0) is 55.7 Å². The molecule has 1 fully saturated rings. The predicted octanol–water partition coefficient (Wildman–Crippen LogP) is 4.35. The average Bonchev–Trinajstić information content (AvgIpc) is 3.69. The number of ether oxygens (including phenoxy) is 1. The number of piperidine rings is 1. The van der Waals surface area contributed by atoms with Crippen molar-refractivity contribution in [1.29, 1.82) is 0 Å². The van der Waals surface area contributed by atoms with E-state index in [2.05, 4.69) is 20.9 Å². The molecule has 0 bridgehead atoms. The number of carbonyl (C=O) groups excluding carboxylic acids is 5. The Morgan fingerprint density at radius 3 is 2.41 bits per heavy atom. The van der Waals surface area contributed by atoms with Gasteiger partial charge >= 0.3 is 0 Å². The summed E-state index contributed by atoms with van der Waals surface area (Å²) in [5.41, 5.74) is 2.64. The highest BCUT2D eigenvalue weighted by atomic mass is 16.5. The molecule has 2 aliphatic rings. The van der Waals surface area contributed by atoms with E-state index in [0.29, 0.717) is 54.0 Å². The molecule has 51 heavy (non-hydrogen) atoms. The van der Waals surface area contributed by atoms with Crippen LogP contribution in [0, 0.1) is 0 Å². The maximum absolute atomic E-state index is 13.3. The number of hydrogen-bond acceptors (Lipinski definition) is 8. The molecule has 7 rings (SSSR count). The molecular formula is C38H34N6O7. The molecule has 4 N–H and O–H groups in total. The minimum Gasteiger partial charge on any atom is -0.457 e. The first kappa shape index (κ1) is 33.0. The van der Waals surface area contributed by atoms with E-state index in [-0.39, 0.29) is 41.1 Å². The van der Waals surface area contributed by atoms with Gasteiger partial charge in [0, 0.05) is 55.0 Å². The maximum atomic E-state index is 13.3. The van der Waals surface area contributed by atoms with Crippen LogP contribution >= 0.6 is 0 Å². The number of aromatic amines is 1. The summed E-state index contributed by atoms with van der Waals surface area (Å²) in [5, 5.41) is 8.90. The van der Waals surface area contributed by atoms with Gasteiger partial charge in [-0.1, -0.05) is 42.5 Å². The van der Waals surface area contributed by atoms with Crippen molar-refractivity contribution in [3.8, 4) is 22.6 Å². The second-order valence-electron chi connectivity index (χ2n) is 12.4. The minimum absolute atomic E-state index is 0.0460. The number of H-pyrrole nitrogens is 1. The van der Waals surface area contributed by atoms with E-state index >= 15 is 0 Å². The van der Waals surface area contributed by atoms with Crippen molar-refractivity contribution in [3.63, 3.8) is 0 Å². The third-order valence-corrected chi connectivity index (χ3v) is 9.03. The van der Waals surface area contributed by atoms with Crippen LogP contribution in [0.1, 0.15) is 56.9 Å². The number of aryl methyl sites for hydroxylation is 1. The van der Waals surface area contributed by atoms with Gasteiger partial charge in [0.2, 0.25) is 11.8 Å². The molecule has 5 aromatic rings. The molecule has 5 amide bonds. The van der Waals surface area contributed by atoms with Gasteiger partial charge in [0.05, 0.1) is 11.1 Å². The van der Waals surface area contributed by atoms with Crippen molar-refractivity contribution in [2.24, 2.45) is 7.05 Å². The van der Waals surface area contributed by atoms with Crippen LogP contribution in [0.5, 0.6) is 11.5 Å². The molecule has 0 radical (unpaired) electrons. The van der Waals surface area contributed by atoms with Crippen LogP contribution in [-0.2, 0) is 16.6 Å². The van der Waals surface area contributed by atoms with Gasteiger partial charge in [-0.15, -0.1) is 0 Å². The molecule has 1 atom stereocenters. The van der Waals surface area contributed by atoms with Crippen LogP contribution in [-0.4, -0.2) is 63.1 Å². The number of nitrogens with zero attached hydrogens (tertiary/aromatic N) is 2. The van der Waals surface area contributed by atoms with Crippen molar-refractivity contribution < 1.29 is 28.7 Å². The van der Waals surface area contributed by atoms with Crippen molar-refractivity contribution in [2.75, 3.05) is 18.4 Å². The van der Waals surface area contributed by atoms with Crippen LogP contribution in [0.4, 0.5) is 5.69 Å². The largest absolute Gasteiger partial charge is 0.457 e. The predicted molar refractivity (Wildman–Crippen MR) is 189 cm³/mol. The van der Waals surface area contributed by atoms with Crippen molar-refractivity contribution in [2.45, 2.75) is 31.7 Å². The zero-order chi connectivity index (χ0) is 35.6. The Kier molecular flexibility index (Phi) is 8.92. The highest BCUT2D eigenvalue weighted by Crippen LogP contribution is 2.37. The van der Waals surface area contributed by atoms with Crippen molar-refractivity contribution >= 4 is 46.1 Å². The maximum Gasteiger partial charge on any atom is 0.274 e. The van der Waals surface area contributed by atoms with Gasteiger partial charge < -0.3 is 24.9 Å². The van der Waals surface area contributed by atoms with E-state index in [4.69, 9.17) is 4.74 Å². The van der Waals surface area contributed by atoms with Crippen LogP contribution < -0.4 is 26.2 Å². The summed E-state index contributed by atoms with van der Waals surface area (Å²) >= 11 is 0. The number of nitrogens with one attached hydrogen (secondary N) is 4. The Labute approximate surface area is 291 Å². The smallest absolute Gasteiger partial charge is 0.274 e. The van der Waals surface area contributed by atoms with Gasteiger partial charge in [0.1, 0.15) is 28.8 Å². The second kappa shape index (κ2) is 13.8. The lowest BCUT2D eigenvalue weighted by Gasteiger charge is -2.27. The summed E-state index contributed by atoms with van der Waals surface area (Å²) in [5.74, 6) is -1.33. The number of aromatic nitrogens is 2. The normalized spacial score (nSPS) is 15.5. The second-order valence-corrected chi connectivity index (χ2v) is 12.4.